The van der Waals surface area contributed by atoms with E-state index < -0.39 is 22.5 Å². The first kappa shape index (κ1) is 16.2. The first-order chi connectivity index (χ1) is 7.89. The Morgan fingerprint density at radius 3 is 1.50 bits per heavy atom. The second kappa shape index (κ2) is 4.89. The number of hydrogen-bond donors (Lipinski definition) is 0. The van der Waals surface area contributed by atoms with E-state index >= 15 is 0 Å². The molecule has 18 heavy (non-hydrogen) atoms. The van der Waals surface area contributed by atoms with Crippen LogP contribution in [0.1, 0.15) is 5.56 Å². The van der Waals surface area contributed by atoms with E-state index in [9.17, 15) is 17.6 Å². The lowest BCUT2D eigenvalue weighted by Gasteiger charge is -2.41. The molecule has 0 saturated carbocycles. The lowest BCUT2D eigenvalue weighted by Crippen LogP contribution is -2.49. The van der Waals surface area contributed by atoms with E-state index in [2.05, 4.69) is 31.9 Å². The zero-order valence-electron chi connectivity index (χ0n) is 8.73. The van der Waals surface area contributed by atoms with Crippen LogP contribution in [0.25, 0.3) is 0 Å². The number of benzene rings is 1. The molecule has 0 amide bonds. The van der Waals surface area contributed by atoms with E-state index in [1.54, 1.807) is 0 Å². The van der Waals surface area contributed by atoms with Crippen LogP contribution in [0.15, 0.2) is 27.1 Å². The van der Waals surface area contributed by atoms with Crippen LogP contribution < -0.4 is 0 Å². The van der Waals surface area contributed by atoms with Gasteiger partial charge in [-0.2, -0.15) is 13.2 Å². The normalized spacial score (nSPS) is 16.3. The van der Waals surface area contributed by atoms with Crippen molar-refractivity contribution in [1.82, 2.24) is 0 Å². The minimum atomic E-state index is -5.36. The van der Waals surface area contributed by atoms with E-state index in [4.69, 9.17) is 23.5 Å². The van der Waals surface area contributed by atoms with Crippen LogP contribution in [-0.2, 0) is 5.67 Å². The maximum atomic E-state index is 14.4. The third-order valence-corrected chi connectivity index (χ3v) is 3.16. The zero-order chi connectivity index (χ0) is 14.4. The summed E-state index contributed by atoms with van der Waals surface area (Å²) in [5.74, 6) is 0. The average molecular weight is 379 g/mol. The quantitative estimate of drug-likeness (QED) is 0.545. The second-order valence-electron chi connectivity index (χ2n) is 3.75. The van der Waals surface area contributed by atoms with E-state index in [0.717, 1.165) is 12.1 Å². The van der Waals surface area contributed by atoms with Gasteiger partial charge in [-0.3, -0.25) is 0 Å². The molecule has 0 aliphatic rings. The van der Waals surface area contributed by atoms with Gasteiger partial charge < -0.3 is 0 Å². The third-order valence-electron chi connectivity index (χ3n) is 2.25. The Hall–Kier alpha value is 0.0948. The number of halogens is 6. The molecule has 0 aromatic heterocycles. The van der Waals surface area contributed by atoms with Gasteiger partial charge in [0, 0.05) is 8.95 Å². The smallest absolute Gasteiger partial charge is 0.230 e. The summed E-state index contributed by atoms with van der Waals surface area (Å²) in [7, 11) is 14.9. The number of rotatable bonds is 2. The minimum Gasteiger partial charge on any atom is -0.230 e. The third kappa shape index (κ3) is 2.81. The topological polar surface area (TPSA) is 0 Å². The summed E-state index contributed by atoms with van der Waals surface area (Å²) < 4.78 is 53.5. The number of hydrogen-bond acceptors (Lipinski definition) is 0. The van der Waals surface area contributed by atoms with Crippen molar-refractivity contribution in [2.45, 2.75) is 17.0 Å². The summed E-state index contributed by atoms with van der Waals surface area (Å²) in [6.07, 6.45) is -5.36. The molecule has 1 rings (SSSR count). The highest BCUT2D eigenvalue weighted by molar-refractivity contribution is 9.11. The van der Waals surface area contributed by atoms with Gasteiger partial charge in [0.2, 0.25) is 5.67 Å². The maximum Gasteiger partial charge on any atom is 0.425 e. The van der Waals surface area contributed by atoms with Crippen LogP contribution in [0.3, 0.4) is 0 Å². The summed E-state index contributed by atoms with van der Waals surface area (Å²) in [6, 6.07) is 3.27. The summed E-state index contributed by atoms with van der Waals surface area (Å²) in [6.45, 7) is 0. The summed E-state index contributed by atoms with van der Waals surface area (Å²) in [5.41, 5.74) is -4.87. The fraction of sp³-hybridized carbons (Fsp3) is 0.333. The predicted octanol–water partition coefficient (Wildman–Crippen LogP) is 3.52. The Kier molecular flexibility index (Phi) is 4.39. The van der Waals surface area contributed by atoms with Gasteiger partial charge >= 0.3 is 6.18 Å². The molecular formula is C9H3B3Br2F4. The van der Waals surface area contributed by atoms with Crippen molar-refractivity contribution in [1.29, 1.82) is 0 Å². The highest BCUT2D eigenvalue weighted by Crippen LogP contribution is 2.54. The molecule has 0 bridgehead atoms. The molecule has 0 nitrogen and oxygen atoms in total. The molecule has 0 fully saturated rings. The average Bonchev–Trinajstić information content (AvgIpc) is 2.11. The van der Waals surface area contributed by atoms with Gasteiger partial charge in [0.1, 0.15) is 0 Å². The van der Waals surface area contributed by atoms with Crippen LogP contribution in [0.5, 0.6) is 0 Å². The molecule has 0 N–H and O–H groups in total. The molecule has 1 aromatic carbocycles. The molecule has 90 valence electrons. The molecule has 0 heterocycles. The molecular weight excluding hydrogens is 376 g/mol. The summed E-state index contributed by atoms with van der Waals surface area (Å²) in [4.78, 5) is 0. The SMILES string of the molecule is [B]C([B])([B])C(F)(c1cc(Br)cc(Br)c1)C(F)(F)F. The summed E-state index contributed by atoms with van der Waals surface area (Å²) >= 11 is 5.90. The lowest BCUT2D eigenvalue weighted by atomic mass is 9.35. The molecule has 1 aromatic rings. The van der Waals surface area contributed by atoms with Crippen LogP contribution in [0.2, 0.25) is 5.11 Å². The van der Waals surface area contributed by atoms with Gasteiger partial charge in [-0.15, -0.1) is 0 Å². The Balaban J connectivity index is 3.55. The van der Waals surface area contributed by atoms with E-state index in [1.165, 1.54) is 6.07 Å². The maximum absolute atomic E-state index is 14.4. The molecule has 1 atom stereocenters. The molecule has 6 radical (unpaired) electrons. The largest absolute Gasteiger partial charge is 0.425 e. The van der Waals surface area contributed by atoms with Gasteiger partial charge in [-0.1, -0.05) is 37.0 Å². The van der Waals surface area contributed by atoms with Crippen molar-refractivity contribution in [2.24, 2.45) is 0 Å². The van der Waals surface area contributed by atoms with Crippen molar-refractivity contribution >= 4 is 55.4 Å². The van der Waals surface area contributed by atoms with E-state index in [1.807, 2.05) is 0 Å². The van der Waals surface area contributed by atoms with Gasteiger partial charge in [-0.25, -0.2) is 4.39 Å². The van der Waals surface area contributed by atoms with Gasteiger partial charge in [0.15, 0.2) is 0 Å². The fourth-order valence-electron chi connectivity index (χ4n) is 1.41. The molecule has 1 unspecified atom stereocenters. The van der Waals surface area contributed by atoms with Gasteiger partial charge in [0.25, 0.3) is 0 Å². The lowest BCUT2D eigenvalue weighted by molar-refractivity contribution is -0.235. The van der Waals surface area contributed by atoms with E-state index in [0.29, 0.717) is 0 Å². The highest BCUT2D eigenvalue weighted by Gasteiger charge is 2.62. The van der Waals surface area contributed by atoms with E-state index in [-0.39, 0.29) is 8.95 Å². The number of alkyl halides is 4. The molecule has 0 saturated heterocycles. The minimum absolute atomic E-state index is 0.224. The van der Waals surface area contributed by atoms with Crippen LogP contribution in [0.4, 0.5) is 17.6 Å². The second-order valence-corrected chi connectivity index (χ2v) is 5.58. The van der Waals surface area contributed by atoms with Gasteiger partial charge in [-0.05, 0) is 23.8 Å². The van der Waals surface area contributed by atoms with Crippen LogP contribution in [-0.4, -0.2) is 29.7 Å². The first-order valence-electron chi connectivity index (χ1n) is 4.48. The highest BCUT2D eigenvalue weighted by atomic mass is 79.9. The first-order valence-corrected chi connectivity index (χ1v) is 6.07. The van der Waals surface area contributed by atoms with Crippen LogP contribution >= 0.6 is 31.9 Å². The van der Waals surface area contributed by atoms with Crippen molar-refractivity contribution in [2.75, 3.05) is 0 Å². The monoisotopic (exact) mass is 378 g/mol. The van der Waals surface area contributed by atoms with Crippen molar-refractivity contribution in [3.8, 4) is 0 Å². The van der Waals surface area contributed by atoms with Crippen molar-refractivity contribution in [3.05, 3.63) is 32.7 Å². The fourth-order valence-corrected chi connectivity index (χ4v) is 2.71. The zero-order valence-corrected chi connectivity index (χ0v) is 11.9. The standard InChI is InChI=1S/C9H3B3Br2F4/c10-8(11,12)7(15,9(16,17)18)4-1-5(13)3-6(14)2-4/h1-3H. The Morgan fingerprint density at radius 1 is 0.833 bits per heavy atom. The molecule has 0 spiro atoms. The molecule has 0 aliphatic carbocycles. The van der Waals surface area contributed by atoms with Crippen molar-refractivity contribution < 1.29 is 17.6 Å². The van der Waals surface area contributed by atoms with Gasteiger partial charge in [0.05, 0.1) is 23.5 Å². The Bertz CT molecular complexity index is 422. The Morgan fingerprint density at radius 2 is 1.22 bits per heavy atom. The predicted molar refractivity (Wildman–Crippen MR) is 70.6 cm³/mol. The Labute approximate surface area is 122 Å². The summed E-state index contributed by atoms with van der Waals surface area (Å²) in [5, 5.41) is -3.11. The molecule has 0 aliphatic heterocycles. The van der Waals surface area contributed by atoms with Crippen molar-refractivity contribution in [3.63, 3.8) is 0 Å². The molecule has 9 heteroatoms. The van der Waals surface area contributed by atoms with Crippen LogP contribution in [0, 0.1) is 0 Å².